The lowest BCUT2D eigenvalue weighted by Crippen LogP contribution is -2.34. The Hall–Kier alpha value is -1.26. The summed E-state index contributed by atoms with van der Waals surface area (Å²) in [6.07, 6.45) is 3.98. The van der Waals surface area contributed by atoms with Crippen molar-refractivity contribution in [2.45, 2.75) is 31.5 Å². The summed E-state index contributed by atoms with van der Waals surface area (Å²) in [5, 5.41) is 3.24. The molecular formula is C14H16ClNO3. The van der Waals surface area contributed by atoms with Gasteiger partial charge in [0.15, 0.2) is 17.3 Å². The molecule has 3 rings (SSSR count). The van der Waals surface area contributed by atoms with Crippen LogP contribution in [0.15, 0.2) is 12.1 Å². The monoisotopic (exact) mass is 281 g/mol. The Bertz CT molecular complexity index is 524. The maximum atomic E-state index is 11.9. The van der Waals surface area contributed by atoms with E-state index in [1.54, 1.807) is 19.2 Å². The molecule has 4 nitrogen and oxygen atoms in total. The van der Waals surface area contributed by atoms with E-state index in [4.69, 9.17) is 21.1 Å². The highest BCUT2D eigenvalue weighted by Gasteiger charge is 2.44. The van der Waals surface area contributed by atoms with E-state index in [9.17, 15) is 4.79 Å². The number of hydrogen-bond donors (Lipinski definition) is 1. The highest BCUT2D eigenvalue weighted by atomic mass is 35.5. The van der Waals surface area contributed by atoms with Crippen molar-refractivity contribution in [2.75, 3.05) is 13.6 Å². The van der Waals surface area contributed by atoms with Crippen LogP contribution >= 0.6 is 11.6 Å². The maximum Gasteiger partial charge on any atom is 0.251 e. The Kier molecular flexibility index (Phi) is 3.15. The lowest BCUT2D eigenvalue weighted by molar-refractivity contribution is -0.0716. The van der Waals surface area contributed by atoms with Gasteiger partial charge >= 0.3 is 0 Å². The van der Waals surface area contributed by atoms with Gasteiger partial charge in [-0.3, -0.25) is 4.79 Å². The van der Waals surface area contributed by atoms with Gasteiger partial charge in [0.05, 0.1) is 11.6 Å². The first kappa shape index (κ1) is 12.8. The van der Waals surface area contributed by atoms with Crippen molar-refractivity contribution >= 4 is 17.4 Å². The number of fused-ring (bicyclic) bond motifs is 1. The molecule has 1 aromatic rings. The van der Waals surface area contributed by atoms with Gasteiger partial charge in [-0.25, -0.2) is 0 Å². The number of ketones is 1. The third-order valence-corrected chi connectivity index (χ3v) is 3.94. The molecule has 1 heterocycles. The van der Waals surface area contributed by atoms with Crippen LogP contribution in [0.2, 0.25) is 5.02 Å². The molecule has 1 aliphatic carbocycles. The fraction of sp³-hybridized carbons (Fsp3) is 0.500. The van der Waals surface area contributed by atoms with Crippen LogP contribution in [0.4, 0.5) is 0 Å². The van der Waals surface area contributed by atoms with Crippen LogP contribution in [0.25, 0.3) is 0 Å². The molecule has 5 heteroatoms. The molecular weight excluding hydrogens is 266 g/mol. The lowest BCUT2D eigenvalue weighted by Gasteiger charge is -2.21. The highest BCUT2D eigenvalue weighted by Crippen LogP contribution is 2.48. The number of benzene rings is 1. The Morgan fingerprint density at radius 2 is 1.95 bits per heavy atom. The first-order chi connectivity index (χ1) is 9.13. The molecule has 1 saturated carbocycles. The predicted molar refractivity (Wildman–Crippen MR) is 72.2 cm³/mol. The SMILES string of the molecule is CNCC(=O)c1cc2c(cc1Cl)OC1(CCCC1)O2. The van der Waals surface area contributed by atoms with E-state index >= 15 is 0 Å². The molecule has 1 aromatic carbocycles. The Labute approximate surface area is 117 Å². The van der Waals surface area contributed by atoms with Gasteiger partial charge < -0.3 is 14.8 Å². The molecule has 0 bridgehead atoms. The Balaban J connectivity index is 1.91. The standard InChI is InChI=1S/C14H16ClNO3/c1-16-8-11(17)9-6-12-13(7-10(9)15)19-14(18-12)4-2-3-5-14/h6-7,16H,2-5,8H2,1H3. The van der Waals surface area contributed by atoms with Crippen molar-refractivity contribution < 1.29 is 14.3 Å². The number of carbonyl (C=O) groups is 1. The smallest absolute Gasteiger partial charge is 0.251 e. The number of halogens is 1. The van der Waals surface area contributed by atoms with Crippen LogP contribution in [-0.2, 0) is 0 Å². The van der Waals surface area contributed by atoms with Gasteiger partial charge in [0.1, 0.15) is 0 Å². The van der Waals surface area contributed by atoms with Gasteiger partial charge in [-0.05, 0) is 26.0 Å². The van der Waals surface area contributed by atoms with Gasteiger partial charge in [-0.2, -0.15) is 0 Å². The van der Waals surface area contributed by atoms with Crippen LogP contribution < -0.4 is 14.8 Å². The zero-order valence-corrected chi connectivity index (χ0v) is 11.5. The predicted octanol–water partition coefficient (Wildman–Crippen LogP) is 2.78. The summed E-state index contributed by atoms with van der Waals surface area (Å²) < 4.78 is 11.8. The number of ether oxygens (including phenoxy) is 2. The van der Waals surface area contributed by atoms with Crippen LogP contribution in [0.3, 0.4) is 0 Å². The van der Waals surface area contributed by atoms with E-state index in [2.05, 4.69) is 5.32 Å². The van der Waals surface area contributed by atoms with Gasteiger partial charge in [0, 0.05) is 24.5 Å². The molecule has 1 fully saturated rings. The first-order valence-corrected chi connectivity index (χ1v) is 6.91. The van der Waals surface area contributed by atoms with Crippen molar-refractivity contribution in [2.24, 2.45) is 0 Å². The van der Waals surface area contributed by atoms with Crippen LogP contribution in [0.5, 0.6) is 11.5 Å². The zero-order chi connectivity index (χ0) is 13.5. The fourth-order valence-electron chi connectivity index (χ4n) is 2.70. The summed E-state index contributed by atoms with van der Waals surface area (Å²) in [5.41, 5.74) is 0.480. The second kappa shape index (κ2) is 4.69. The molecule has 1 spiro atoms. The summed E-state index contributed by atoms with van der Waals surface area (Å²) in [6, 6.07) is 3.39. The summed E-state index contributed by atoms with van der Waals surface area (Å²) >= 11 is 6.15. The summed E-state index contributed by atoms with van der Waals surface area (Å²) in [5.74, 6) is 0.709. The number of rotatable bonds is 3. The van der Waals surface area contributed by atoms with Gasteiger partial charge in [0.2, 0.25) is 0 Å². The number of carbonyl (C=O) groups excluding carboxylic acids is 1. The average molecular weight is 282 g/mol. The van der Waals surface area contributed by atoms with E-state index in [0.717, 1.165) is 25.7 Å². The van der Waals surface area contributed by atoms with Crippen LogP contribution in [0, 0.1) is 0 Å². The van der Waals surface area contributed by atoms with E-state index in [0.29, 0.717) is 22.1 Å². The second-order valence-electron chi connectivity index (χ2n) is 5.05. The topological polar surface area (TPSA) is 47.6 Å². The maximum absolute atomic E-state index is 11.9. The third-order valence-electron chi connectivity index (χ3n) is 3.63. The molecule has 0 aromatic heterocycles. The van der Waals surface area contributed by atoms with Gasteiger partial charge in [-0.15, -0.1) is 0 Å². The number of nitrogens with one attached hydrogen (secondary N) is 1. The quantitative estimate of drug-likeness (QED) is 0.866. The van der Waals surface area contributed by atoms with E-state index in [1.807, 2.05) is 0 Å². The summed E-state index contributed by atoms with van der Waals surface area (Å²) in [7, 11) is 1.73. The molecule has 19 heavy (non-hydrogen) atoms. The fourth-order valence-corrected chi connectivity index (χ4v) is 2.96. The van der Waals surface area contributed by atoms with E-state index < -0.39 is 5.79 Å². The molecule has 0 unspecified atom stereocenters. The van der Waals surface area contributed by atoms with Crippen molar-refractivity contribution in [3.8, 4) is 11.5 Å². The minimum Gasteiger partial charge on any atom is -0.448 e. The summed E-state index contributed by atoms with van der Waals surface area (Å²) in [4.78, 5) is 11.9. The van der Waals surface area contributed by atoms with Crippen molar-refractivity contribution in [1.82, 2.24) is 5.32 Å². The normalized spacial score (nSPS) is 19.1. The van der Waals surface area contributed by atoms with Crippen LogP contribution in [-0.4, -0.2) is 25.2 Å². The minimum atomic E-state index is -0.518. The molecule has 0 radical (unpaired) electrons. The summed E-state index contributed by atoms with van der Waals surface area (Å²) in [6.45, 7) is 0.254. The molecule has 0 atom stereocenters. The zero-order valence-electron chi connectivity index (χ0n) is 10.8. The van der Waals surface area contributed by atoms with Gasteiger partial charge in [-0.1, -0.05) is 11.6 Å². The van der Waals surface area contributed by atoms with E-state index in [1.165, 1.54) is 0 Å². The third kappa shape index (κ3) is 2.19. The Morgan fingerprint density at radius 1 is 1.32 bits per heavy atom. The number of hydrogen-bond acceptors (Lipinski definition) is 4. The van der Waals surface area contributed by atoms with Crippen LogP contribution in [0.1, 0.15) is 36.0 Å². The lowest BCUT2D eigenvalue weighted by atomic mass is 10.1. The van der Waals surface area contributed by atoms with Crippen molar-refractivity contribution in [3.05, 3.63) is 22.7 Å². The molecule has 2 aliphatic rings. The highest BCUT2D eigenvalue weighted by molar-refractivity contribution is 6.34. The minimum absolute atomic E-state index is 0.0497. The second-order valence-corrected chi connectivity index (χ2v) is 5.46. The number of likely N-dealkylation sites (N-methyl/N-ethyl adjacent to an activating group) is 1. The first-order valence-electron chi connectivity index (χ1n) is 6.53. The van der Waals surface area contributed by atoms with Gasteiger partial charge in [0.25, 0.3) is 5.79 Å². The van der Waals surface area contributed by atoms with Crippen molar-refractivity contribution in [1.29, 1.82) is 0 Å². The largest absolute Gasteiger partial charge is 0.448 e. The average Bonchev–Trinajstić information content (AvgIpc) is 2.95. The van der Waals surface area contributed by atoms with E-state index in [-0.39, 0.29) is 12.3 Å². The van der Waals surface area contributed by atoms with Crippen molar-refractivity contribution in [3.63, 3.8) is 0 Å². The molecule has 102 valence electrons. The molecule has 0 saturated heterocycles. The molecule has 1 N–H and O–H groups in total. The Morgan fingerprint density at radius 3 is 2.58 bits per heavy atom. The molecule has 1 aliphatic heterocycles. The number of Topliss-reactive ketones (excluding diaryl/α,β-unsaturated/α-hetero) is 1. The molecule has 0 amide bonds.